The van der Waals surface area contributed by atoms with E-state index in [9.17, 15) is 19.5 Å². The Labute approximate surface area is 183 Å². The number of benzene rings is 1. The average molecular weight is 448 g/mol. The van der Waals surface area contributed by atoms with E-state index in [-0.39, 0.29) is 25.0 Å². The molecule has 1 aliphatic carbocycles. The van der Waals surface area contributed by atoms with Crippen LogP contribution in [0, 0.1) is 0 Å². The van der Waals surface area contributed by atoms with Crippen molar-refractivity contribution in [2.24, 2.45) is 0 Å². The van der Waals surface area contributed by atoms with Crippen LogP contribution in [0.4, 0.5) is 0 Å². The van der Waals surface area contributed by atoms with E-state index in [2.05, 4.69) is 5.32 Å². The van der Waals surface area contributed by atoms with E-state index in [0.717, 1.165) is 12.8 Å². The molecule has 3 aliphatic rings. The van der Waals surface area contributed by atoms with E-state index in [1.165, 1.54) is 16.7 Å². The summed E-state index contributed by atoms with van der Waals surface area (Å²) < 4.78 is 16.8. The van der Waals surface area contributed by atoms with Crippen molar-refractivity contribution in [2.45, 2.75) is 37.0 Å². The van der Waals surface area contributed by atoms with Gasteiger partial charge in [-0.15, -0.1) is 11.8 Å². The predicted octanol–water partition coefficient (Wildman–Crippen LogP) is 1.35. The number of hydrogen-bond acceptors (Lipinski definition) is 7. The third kappa shape index (κ3) is 4.28. The summed E-state index contributed by atoms with van der Waals surface area (Å²) in [5, 5.41) is 11.8. The number of rotatable bonds is 10. The Bertz CT molecular complexity index is 902. The summed E-state index contributed by atoms with van der Waals surface area (Å²) in [5.41, 5.74) is -1.16. The Morgan fingerprint density at radius 3 is 2.68 bits per heavy atom. The van der Waals surface area contributed by atoms with E-state index in [1.54, 1.807) is 24.3 Å². The van der Waals surface area contributed by atoms with E-state index < -0.39 is 28.9 Å². The highest BCUT2D eigenvalue weighted by atomic mass is 32.2. The first-order valence-electron chi connectivity index (χ1n) is 10.1. The zero-order valence-corrected chi connectivity index (χ0v) is 17.9. The number of carbonyl (C=O) groups is 3. The second-order valence-corrected chi connectivity index (χ2v) is 8.50. The van der Waals surface area contributed by atoms with Crippen molar-refractivity contribution in [3.63, 3.8) is 0 Å². The minimum Gasteiger partial charge on any atom is -0.484 e. The van der Waals surface area contributed by atoms with Gasteiger partial charge in [-0.05, 0) is 37.5 Å². The number of carbonyl (C=O) groups excluding carboxylic acids is 2. The number of fused-ring (bicyclic) bond motifs is 1. The first-order valence-corrected chi connectivity index (χ1v) is 11.2. The summed E-state index contributed by atoms with van der Waals surface area (Å²) in [6.45, 7) is 2.10. The third-order valence-electron chi connectivity index (χ3n) is 5.11. The standard InChI is InChI=1S/C21H24N2O7S/c1-2-28-10-13-12-31-20-21(30-15-8-9-15,19(27)23(20)17(13)18(25)26)22-16(24)11-29-14-6-4-3-5-7-14/h3-7,15,20H,2,8-12H2,1H3,(H,22,24)(H,25,26)/t20-,21?/m1/s1. The summed E-state index contributed by atoms with van der Waals surface area (Å²) in [4.78, 5) is 39.0. The van der Waals surface area contributed by atoms with Gasteiger partial charge in [-0.2, -0.15) is 0 Å². The zero-order chi connectivity index (χ0) is 22.0. The van der Waals surface area contributed by atoms with Gasteiger partial charge < -0.3 is 24.6 Å². The van der Waals surface area contributed by atoms with Crippen molar-refractivity contribution < 1.29 is 33.7 Å². The number of hydrogen-bond donors (Lipinski definition) is 2. The molecule has 1 aromatic carbocycles. The van der Waals surface area contributed by atoms with Crippen LogP contribution < -0.4 is 10.1 Å². The summed E-state index contributed by atoms with van der Waals surface area (Å²) in [5.74, 6) is -1.41. The normalized spacial score (nSPS) is 25.0. The molecule has 1 saturated carbocycles. The van der Waals surface area contributed by atoms with E-state index in [1.807, 2.05) is 13.0 Å². The number of thioether (sulfide) groups is 1. The number of ether oxygens (including phenoxy) is 3. The van der Waals surface area contributed by atoms with Crippen LogP contribution in [-0.4, -0.2) is 70.6 Å². The van der Waals surface area contributed by atoms with Crippen molar-refractivity contribution >= 4 is 29.5 Å². The molecular formula is C21H24N2O7S. The third-order valence-corrected chi connectivity index (χ3v) is 6.48. The Morgan fingerprint density at radius 1 is 1.29 bits per heavy atom. The molecule has 31 heavy (non-hydrogen) atoms. The van der Waals surface area contributed by atoms with Crippen molar-refractivity contribution in [2.75, 3.05) is 25.6 Å². The fourth-order valence-electron chi connectivity index (χ4n) is 3.54. The molecule has 4 rings (SSSR count). The van der Waals surface area contributed by atoms with E-state index in [0.29, 0.717) is 23.7 Å². The molecule has 166 valence electrons. The predicted molar refractivity (Wildman–Crippen MR) is 111 cm³/mol. The van der Waals surface area contributed by atoms with Crippen LogP contribution in [0.2, 0.25) is 0 Å². The molecule has 1 saturated heterocycles. The van der Waals surface area contributed by atoms with Gasteiger partial charge in [-0.1, -0.05) is 18.2 Å². The van der Waals surface area contributed by atoms with Crippen LogP contribution in [0.15, 0.2) is 41.6 Å². The molecule has 2 heterocycles. The molecule has 0 spiro atoms. The Morgan fingerprint density at radius 2 is 2.03 bits per heavy atom. The number of carboxylic acid groups (broad SMARTS) is 1. The average Bonchev–Trinajstić information content (AvgIpc) is 3.59. The number of nitrogens with one attached hydrogen (secondary N) is 1. The molecule has 9 nitrogen and oxygen atoms in total. The highest BCUT2D eigenvalue weighted by Crippen LogP contribution is 2.49. The van der Waals surface area contributed by atoms with Crippen LogP contribution in [-0.2, 0) is 23.9 Å². The molecule has 0 aromatic heterocycles. The number of nitrogens with zero attached hydrogens (tertiary/aromatic N) is 1. The molecule has 2 N–H and O–H groups in total. The molecule has 1 aromatic rings. The number of β-lactam (4-membered cyclic amide) rings is 1. The maximum Gasteiger partial charge on any atom is 0.352 e. The van der Waals surface area contributed by atoms with Gasteiger partial charge in [-0.3, -0.25) is 14.5 Å². The van der Waals surface area contributed by atoms with Gasteiger partial charge in [0.25, 0.3) is 17.5 Å². The molecule has 2 fully saturated rings. The van der Waals surface area contributed by atoms with Crippen LogP contribution >= 0.6 is 11.8 Å². The molecule has 2 atom stereocenters. The SMILES string of the molecule is CCOCC1=C(C(=O)O)N2C(=O)C(NC(=O)COc3ccccc3)(OC3CC3)[C@H]2SC1. The maximum atomic E-state index is 13.2. The minimum atomic E-state index is -1.60. The number of aliphatic carboxylic acids is 1. The minimum absolute atomic E-state index is 0.0907. The molecular weight excluding hydrogens is 424 g/mol. The second-order valence-electron chi connectivity index (χ2n) is 7.44. The zero-order valence-electron chi connectivity index (χ0n) is 17.0. The van der Waals surface area contributed by atoms with Crippen molar-refractivity contribution in [1.29, 1.82) is 0 Å². The maximum absolute atomic E-state index is 13.2. The first kappa shape index (κ1) is 21.7. The lowest BCUT2D eigenvalue weighted by Gasteiger charge is -2.56. The number of amides is 2. The Kier molecular flexibility index (Phi) is 6.22. The summed E-state index contributed by atoms with van der Waals surface area (Å²) in [6.07, 6.45) is 1.45. The number of carboxylic acids is 1. The molecule has 10 heteroatoms. The van der Waals surface area contributed by atoms with Gasteiger partial charge in [-0.25, -0.2) is 4.79 Å². The van der Waals surface area contributed by atoms with Crippen molar-refractivity contribution in [1.82, 2.24) is 10.2 Å². The largest absolute Gasteiger partial charge is 0.484 e. The summed E-state index contributed by atoms with van der Waals surface area (Å²) in [7, 11) is 0. The number of para-hydroxylation sites is 1. The topological polar surface area (TPSA) is 114 Å². The lowest BCUT2D eigenvalue weighted by molar-refractivity contribution is -0.201. The molecule has 0 radical (unpaired) electrons. The van der Waals surface area contributed by atoms with Crippen LogP contribution in [0.5, 0.6) is 5.75 Å². The van der Waals surface area contributed by atoms with E-state index in [4.69, 9.17) is 14.2 Å². The first-order chi connectivity index (χ1) is 15.0. The highest BCUT2D eigenvalue weighted by Gasteiger charge is 2.68. The quantitative estimate of drug-likeness (QED) is 0.407. The monoisotopic (exact) mass is 448 g/mol. The fourth-order valence-corrected chi connectivity index (χ4v) is 4.92. The lowest BCUT2D eigenvalue weighted by Crippen LogP contribution is -2.81. The van der Waals surface area contributed by atoms with Gasteiger partial charge in [0, 0.05) is 12.4 Å². The van der Waals surface area contributed by atoms with Crippen molar-refractivity contribution in [3.8, 4) is 5.75 Å². The summed E-state index contributed by atoms with van der Waals surface area (Å²) in [6, 6.07) is 8.86. The second kappa shape index (κ2) is 8.89. The van der Waals surface area contributed by atoms with Crippen molar-refractivity contribution in [3.05, 3.63) is 41.6 Å². The smallest absolute Gasteiger partial charge is 0.352 e. The molecule has 0 bridgehead atoms. The lowest BCUT2D eigenvalue weighted by atomic mass is 9.98. The summed E-state index contributed by atoms with van der Waals surface area (Å²) >= 11 is 1.35. The van der Waals surface area contributed by atoms with E-state index >= 15 is 0 Å². The van der Waals surface area contributed by atoms with Gasteiger partial charge in [0.15, 0.2) is 6.61 Å². The molecule has 2 aliphatic heterocycles. The van der Waals surface area contributed by atoms with Gasteiger partial charge in [0.2, 0.25) is 0 Å². The Hall–Kier alpha value is -2.56. The molecule has 1 unspecified atom stereocenters. The molecule has 2 amide bonds. The van der Waals surface area contributed by atoms with Gasteiger partial charge in [0.1, 0.15) is 16.8 Å². The fraction of sp³-hybridized carbons (Fsp3) is 0.476. The van der Waals surface area contributed by atoms with Gasteiger partial charge in [0.05, 0.1) is 12.7 Å². The van der Waals surface area contributed by atoms with Crippen LogP contribution in [0.1, 0.15) is 19.8 Å². The Balaban J connectivity index is 1.52. The highest BCUT2D eigenvalue weighted by molar-refractivity contribution is 8.00. The van der Waals surface area contributed by atoms with Gasteiger partial charge >= 0.3 is 5.97 Å². The van der Waals surface area contributed by atoms with Crippen LogP contribution in [0.25, 0.3) is 0 Å². The van der Waals surface area contributed by atoms with Crippen LogP contribution in [0.3, 0.4) is 0 Å².